The Labute approximate surface area is 155 Å². The molecule has 25 heavy (non-hydrogen) atoms. The van der Waals surface area contributed by atoms with Crippen molar-refractivity contribution in [1.82, 2.24) is 10.2 Å². The summed E-state index contributed by atoms with van der Waals surface area (Å²) < 4.78 is 27.5. The Morgan fingerprint density at radius 3 is 2.64 bits per heavy atom. The molecule has 0 bridgehead atoms. The van der Waals surface area contributed by atoms with Gasteiger partial charge in [0.05, 0.1) is 21.3 Å². The van der Waals surface area contributed by atoms with Crippen LogP contribution in [0.1, 0.15) is 21.3 Å². The van der Waals surface area contributed by atoms with E-state index in [1.807, 2.05) is 0 Å². The van der Waals surface area contributed by atoms with Crippen LogP contribution in [-0.2, 0) is 4.79 Å². The van der Waals surface area contributed by atoms with Gasteiger partial charge in [0.15, 0.2) is 0 Å². The van der Waals surface area contributed by atoms with E-state index < -0.39 is 23.6 Å². The van der Waals surface area contributed by atoms with E-state index >= 15 is 0 Å². The molecule has 1 aromatic heterocycles. The second-order valence-corrected chi connectivity index (χ2v) is 7.52. The molecule has 130 valence electrons. The molecule has 0 aliphatic carbocycles. The monoisotopic (exact) mass is 427 g/mol. The third-order valence-corrected chi connectivity index (χ3v) is 4.83. The lowest BCUT2D eigenvalue weighted by molar-refractivity contribution is -0.122. The molecule has 2 aromatic rings. The Bertz CT molecular complexity index is 850. The fraction of sp³-hybridized carbons (Fsp3) is 0.188. The number of amides is 2. The first kappa shape index (κ1) is 19.0. The van der Waals surface area contributed by atoms with Crippen molar-refractivity contribution in [1.29, 1.82) is 5.26 Å². The van der Waals surface area contributed by atoms with Gasteiger partial charge in [-0.05, 0) is 34.1 Å². The van der Waals surface area contributed by atoms with Crippen LogP contribution in [0.25, 0.3) is 0 Å². The predicted octanol–water partition coefficient (Wildman–Crippen LogP) is 3.24. The van der Waals surface area contributed by atoms with E-state index in [2.05, 4.69) is 21.2 Å². The molecule has 1 unspecified atom stereocenters. The van der Waals surface area contributed by atoms with Crippen LogP contribution in [0.4, 0.5) is 8.78 Å². The summed E-state index contributed by atoms with van der Waals surface area (Å²) in [7, 11) is 1.44. The fourth-order valence-electron chi connectivity index (χ4n) is 2.03. The molecule has 0 radical (unpaired) electrons. The molecule has 0 saturated heterocycles. The van der Waals surface area contributed by atoms with Gasteiger partial charge in [-0.15, -0.1) is 11.3 Å². The summed E-state index contributed by atoms with van der Waals surface area (Å²) in [6.07, 6.45) is 0. The van der Waals surface area contributed by atoms with Crippen molar-refractivity contribution < 1.29 is 18.4 Å². The van der Waals surface area contributed by atoms with E-state index in [0.29, 0.717) is 10.9 Å². The largest absolute Gasteiger partial charge is 0.335 e. The number of rotatable bonds is 5. The van der Waals surface area contributed by atoms with Crippen LogP contribution in [0.5, 0.6) is 0 Å². The summed E-state index contributed by atoms with van der Waals surface area (Å²) in [5, 5.41) is 11.5. The van der Waals surface area contributed by atoms with Crippen LogP contribution in [0.15, 0.2) is 34.1 Å². The maximum atomic E-state index is 13.7. The van der Waals surface area contributed by atoms with Gasteiger partial charge < -0.3 is 10.2 Å². The topological polar surface area (TPSA) is 73.2 Å². The highest BCUT2D eigenvalue weighted by Gasteiger charge is 2.21. The van der Waals surface area contributed by atoms with E-state index in [1.165, 1.54) is 23.3 Å². The first-order valence-electron chi connectivity index (χ1n) is 6.96. The smallest absolute Gasteiger partial charge is 0.264 e. The SMILES string of the molecule is CN(CC(=O)NC(C#N)c1ccc(F)cc1F)C(=O)c1ccc(Br)s1. The van der Waals surface area contributed by atoms with Crippen LogP contribution in [0.2, 0.25) is 0 Å². The second kappa shape index (κ2) is 8.18. The first-order chi connectivity index (χ1) is 11.8. The van der Waals surface area contributed by atoms with Crippen molar-refractivity contribution in [3.8, 4) is 6.07 Å². The molecule has 0 aliphatic heterocycles. The van der Waals surface area contributed by atoms with Gasteiger partial charge in [0.25, 0.3) is 5.91 Å². The van der Waals surface area contributed by atoms with Crippen LogP contribution in [0.3, 0.4) is 0 Å². The number of hydrogen-bond donors (Lipinski definition) is 1. The zero-order chi connectivity index (χ0) is 18.6. The van der Waals surface area contributed by atoms with Gasteiger partial charge >= 0.3 is 0 Å². The van der Waals surface area contributed by atoms with Crippen molar-refractivity contribution >= 4 is 39.1 Å². The molecule has 9 heteroatoms. The van der Waals surface area contributed by atoms with E-state index in [4.69, 9.17) is 5.26 Å². The van der Waals surface area contributed by atoms with Crippen molar-refractivity contribution in [3.63, 3.8) is 0 Å². The minimum Gasteiger partial charge on any atom is -0.335 e. The maximum Gasteiger partial charge on any atom is 0.264 e. The van der Waals surface area contributed by atoms with Crippen LogP contribution < -0.4 is 5.32 Å². The van der Waals surface area contributed by atoms with Crippen molar-refractivity contribution in [3.05, 3.63) is 56.2 Å². The molecule has 0 aliphatic rings. The van der Waals surface area contributed by atoms with Crippen LogP contribution in [-0.4, -0.2) is 30.3 Å². The number of hydrogen-bond acceptors (Lipinski definition) is 4. The van der Waals surface area contributed by atoms with Gasteiger partial charge in [0.2, 0.25) is 5.91 Å². The summed E-state index contributed by atoms with van der Waals surface area (Å²) >= 11 is 4.48. The van der Waals surface area contributed by atoms with Crippen molar-refractivity contribution in [2.75, 3.05) is 13.6 Å². The highest BCUT2D eigenvalue weighted by Crippen LogP contribution is 2.23. The standard InChI is InChI=1S/C16H12BrF2N3O2S/c1-22(16(24)13-4-5-14(17)25-13)8-15(23)21-12(7-20)10-3-2-9(18)6-11(10)19/h2-6,12H,8H2,1H3,(H,21,23). The summed E-state index contributed by atoms with van der Waals surface area (Å²) in [6, 6.07) is 6.53. The lowest BCUT2D eigenvalue weighted by Crippen LogP contribution is -2.39. The zero-order valence-corrected chi connectivity index (χ0v) is 15.3. The molecule has 2 rings (SSSR count). The Kier molecular flexibility index (Phi) is 6.22. The minimum absolute atomic E-state index is 0.145. The number of nitrogens with one attached hydrogen (secondary N) is 1. The number of halogens is 3. The average molecular weight is 428 g/mol. The Morgan fingerprint density at radius 1 is 1.36 bits per heavy atom. The van der Waals surface area contributed by atoms with Gasteiger partial charge in [-0.3, -0.25) is 9.59 Å². The Hall–Kier alpha value is -2.31. The normalized spacial score (nSPS) is 11.5. The molecule has 0 saturated carbocycles. The summed E-state index contributed by atoms with van der Waals surface area (Å²) in [4.78, 5) is 25.9. The minimum atomic E-state index is -1.28. The number of thiophene rings is 1. The summed E-state index contributed by atoms with van der Waals surface area (Å²) in [6.45, 7) is -0.310. The highest BCUT2D eigenvalue weighted by atomic mass is 79.9. The van der Waals surface area contributed by atoms with Gasteiger partial charge in [-0.2, -0.15) is 5.26 Å². The molecule has 1 heterocycles. The second-order valence-electron chi connectivity index (χ2n) is 5.06. The number of likely N-dealkylation sites (N-methyl/N-ethyl adjacent to an activating group) is 1. The number of benzene rings is 1. The Balaban J connectivity index is 2.02. The molecule has 0 spiro atoms. The Morgan fingerprint density at radius 2 is 2.08 bits per heavy atom. The third-order valence-electron chi connectivity index (χ3n) is 3.22. The molecular weight excluding hydrogens is 416 g/mol. The third kappa shape index (κ3) is 4.84. The quantitative estimate of drug-likeness (QED) is 0.795. The summed E-state index contributed by atoms with van der Waals surface area (Å²) in [5.41, 5.74) is -0.145. The van der Waals surface area contributed by atoms with E-state index in [0.717, 1.165) is 15.9 Å². The zero-order valence-electron chi connectivity index (χ0n) is 12.9. The van der Waals surface area contributed by atoms with Gasteiger partial charge in [0.1, 0.15) is 17.7 Å². The van der Waals surface area contributed by atoms with E-state index in [9.17, 15) is 18.4 Å². The lowest BCUT2D eigenvalue weighted by atomic mass is 10.1. The van der Waals surface area contributed by atoms with Gasteiger partial charge in [0, 0.05) is 18.7 Å². The molecular formula is C16H12BrF2N3O2S. The van der Waals surface area contributed by atoms with E-state index in [-0.39, 0.29) is 18.0 Å². The number of nitrogens with zero attached hydrogens (tertiary/aromatic N) is 2. The molecule has 1 atom stereocenters. The fourth-order valence-corrected chi connectivity index (χ4v) is 3.41. The van der Waals surface area contributed by atoms with Crippen LogP contribution >= 0.6 is 27.3 Å². The van der Waals surface area contributed by atoms with Crippen molar-refractivity contribution in [2.24, 2.45) is 0 Å². The maximum absolute atomic E-state index is 13.7. The van der Waals surface area contributed by atoms with Crippen LogP contribution in [0, 0.1) is 23.0 Å². The molecule has 5 nitrogen and oxygen atoms in total. The molecule has 1 N–H and O–H groups in total. The van der Waals surface area contributed by atoms with Crippen molar-refractivity contribution in [2.45, 2.75) is 6.04 Å². The highest BCUT2D eigenvalue weighted by molar-refractivity contribution is 9.11. The van der Waals surface area contributed by atoms with Gasteiger partial charge in [-0.1, -0.05) is 6.07 Å². The molecule has 1 aromatic carbocycles. The number of carbonyl (C=O) groups is 2. The number of nitriles is 1. The van der Waals surface area contributed by atoms with Gasteiger partial charge in [-0.25, -0.2) is 8.78 Å². The lowest BCUT2D eigenvalue weighted by Gasteiger charge is -2.18. The average Bonchev–Trinajstić information content (AvgIpc) is 2.98. The summed E-state index contributed by atoms with van der Waals surface area (Å²) in [5.74, 6) is -2.70. The van der Waals surface area contributed by atoms with E-state index in [1.54, 1.807) is 18.2 Å². The molecule has 2 amide bonds. The number of carbonyl (C=O) groups excluding carboxylic acids is 2. The predicted molar refractivity (Wildman–Crippen MR) is 91.8 cm³/mol. The first-order valence-corrected chi connectivity index (χ1v) is 8.57. The molecule has 0 fully saturated rings.